The molecule has 0 radical (unpaired) electrons. The smallest absolute Gasteiger partial charge is 0.306 e. The Balaban J connectivity index is 2.01. The summed E-state index contributed by atoms with van der Waals surface area (Å²) < 4.78 is 4.54. The van der Waals surface area contributed by atoms with Crippen molar-refractivity contribution in [3.63, 3.8) is 0 Å². The molecule has 0 unspecified atom stereocenters. The molecule has 1 aliphatic rings. The van der Waals surface area contributed by atoms with Gasteiger partial charge in [0.1, 0.15) is 0 Å². The van der Waals surface area contributed by atoms with Gasteiger partial charge in [-0.1, -0.05) is 0 Å². The second-order valence-electron chi connectivity index (χ2n) is 4.22. The molecule has 1 aliphatic carbocycles. The number of nitrogens with zero attached hydrogens (tertiary/aromatic N) is 1. The number of methoxy groups -OCH3 is 1. The molecular weight excluding hydrogens is 208 g/mol. The first-order valence-corrected chi connectivity index (χ1v) is 5.66. The second-order valence-corrected chi connectivity index (χ2v) is 4.22. The third kappa shape index (κ3) is 5.70. The van der Waals surface area contributed by atoms with Crippen LogP contribution in [-0.2, 0) is 14.3 Å². The lowest BCUT2D eigenvalue weighted by molar-refractivity contribution is -0.140. The number of esters is 1. The van der Waals surface area contributed by atoms with Crippen LogP contribution in [0.5, 0.6) is 0 Å². The Labute approximate surface area is 96.1 Å². The minimum Gasteiger partial charge on any atom is -0.469 e. The van der Waals surface area contributed by atoms with Crippen LogP contribution in [-0.4, -0.2) is 50.1 Å². The molecule has 0 aromatic heterocycles. The van der Waals surface area contributed by atoms with Crippen LogP contribution in [0.25, 0.3) is 0 Å². The van der Waals surface area contributed by atoms with E-state index >= 15 is 0 Å². The highest BCUT2D eigenvalue weighted by molar-refractivity contribution is 5.76. The highest BCUT2D eigenvalue weighted by Crippen LogP contribution is 2.18. The molecule has 0 spiro atoms. The van der Waals surface area contributed by atoms with Crippen LogP contribution >= 0.6 is 0 Å². The molecular formula is C11H20N2O3. The Morgan fingerprint density at radius 3 is 2.50 bits per heavy atom. The summed E-state index contributed by atoms with van der Waals surface area (Å²) in [5.74, 6) is -0.110. The van der Waals surface area contributed by atoms with Crippen molar-refractivity contribution in [1.82, 2.24) is 10.2 Å². The van der Waals surface area contributed by atoms with Gasteiger partial charge in [0.2, 0.25) is 5.91 Å². The van der Waals surface area contributed by atoms with Gasteiger partial charge >= 0.3 is 5.97 Å². The average molecular weight is 228 g/mol. The Bertz CT molecular complexity index is 252. The van der Waals surface area contributed by atoms with E-state index in [1.807, 2.05) is 11.9 Å². The van der Waals surface area contributed by atoms with Gasteiger partial charge in [0.15, 0.2) is 0 Å². The highest BCUT2D eigenvalue weighted by Gasteiger charge is 2.22. The zero-order valence-corrected chi connectivity index (χ0v) is 9.99. The van der Waals surface area contributed by atoms with Crippen LogP contribution in [0.2, 0.25) is 0 Å². The van der Waals surface area contributed by atoms with Crippen LogP contribution in [0.15, 0.2) is 0 Å². The van der Waals surface area contributed by atoms with Crippen molar-refractivity contribution in [3.8, 4) is 0 Å². The van der Waals surface area contributed by atoms with Crippen LogP contribution in [0.4, 0.5) is 0 Å². The molecule has 0 atom stereocenters. The van der Waals surface area contributed by atoms with Crippen molar-refractivity contribution in [2.24, 2.45) is 0 Å². The maximum Gasteiger partial charge on any atom is 0.306 e. The molecule has 0 aromatic rings. The van der Waals surface area contributed by atoms with Gasteiger partial charge in [-0.15, -0.1) is 0 Å². The van der Waals surface area contributed by atoms with E-state index in [4.69, 9.17) is 0 Å². The molecule has 0 aliphatic heterocycles. The molecule has 0 aromatic carbocycles. The fraction of sp³-hybridized carbons (Fsp3) is 0.818. The number of carbonyl (C=O) groups excluding carboxylic acids is 2. The summed E-state index contributed by atoms with van der Waals surface area (Å²) in [4.78, 5) is 24.2. The van der Waals surface area contributed by atoms with E-state index in [2.05, 4.69) is 10.1 Å². The first-order chi connectivity index (χ1) is 7.61. The summed E-state index contributed by atoms with van der Waals surface area (Å²) in [6.45, 7) is 1.30. The standard InChI is InChI=1S/C11H20N2O3/c1-13(8-6-11(15)16-2)7-5-10(14)12-9-3-4-9/h9H,3-8H2,1-2H3,(H,12,14). The van der Waals surface area contributed by atoms with E-state index in [1.54, 1.807) is 0 Å². The van der Waals surface area contributed by atoms with Gasteiger partial charge in [0, 0.05) is 25.6 Å². The summed E-state index contributed by atoms with van der Waals surface area (Å²) in [7, 11) is 3.28. The van der Waals surface area contributed by atoms with Crippen LogP contribution in [0, 0.1) is 0 Å². The highest BCUT2D eigenvalue weighted by atomic mass is 16.5. The summed E-state index contributed by atoms with van der Waals surface area (Å²) in [6, 6.07) is 0.424. The SMILES string of the molecule is COC(=O)CCN(C)CCC(=O)NC1CC1. The lowest BCUT2D eigenvalue weighted by Gasteiger charge is -2.15. The topological polar surface area (TPSA) is 58.6 Å². The van der Waals surface area contributed by atoms with Crippen molar-refractivity contribution in [3.05, 3.63) is 0 Å². The Morgan fingerprint density at radius 2 is 1.94 bits per heavy atom. The summed E-state index contributed by atoms with van der Waals surface area (Å²) in [5, 5.41) is 2.93. The van der Waals surface area contributed by atoms with Crippen molar-refractivity contribution in [2.45, 2.75) is 31.7 Å². The first-order valence-electron chi connectivity index (χ1n) is 5.66. The van der Waals surface area contributed by atoms with Crippen molar-refractivity contribution in [2.75, 3.05) is 27.2 Å². The Hall–Kier alpha value is -1.10. The van der Waals surface area contributed by atoms with Gasteiger partial charge in [-0.3, -0.25) is 9.59 Å². The van der Waals surface area contributed by atoms with Crippen molar-refractivity contribution < 1.29 is 14.3 Å². The first kappa shape index (κ1) is 13.0. The zero-order valence-electron chi connectivity index (χ0n) is 9.99. The molecule has 5 nitrogen and oxygen atoms in total. The fourth-order valence-electron chi connectivity index (χ4n) is 1.32. The zero-order chi connectivity index (χ0) is 12.0. The van der Waals surface area contributed by atoms with Gasteiger partial charge in [-0.05, 0) is 19.9 Å². The molecule has 0 heterocycles. The summed E-state index contributed by atoms with van der Waals surface area (Å²) in [5.41, 5.74) is 0. The quantitative estimate of drug-likeness (QED) is 0.630. The van der Waals surface area contributed by atoms with Gasteiger partial charge < -0.3 is 15.0 Å². The number of carbonyl (C=O) groups is 2. The predicted octanol–water partition coefficient (Wildman–Crippen LogP) is 0.150. The molecule has 1 saturated carbocycles. The van der Waals surface area contributed by atoms with E-state index in [0.29, 0.717) is 32.0 Å². The minimum atomic E-state index is -0.214. The van der Waals surface area contributed by atoms with Gasteiger partial charge in [0.05, 0.1) is 13.5 Å². The third-order valence-electron chi connectivity index (χ3n) is 2.59. The summed E-state index contributed by atoms with van der Waals surface area (Å²) in [6.07, 6.45) is 3.10. The largest absolute Gasteiger partial charge is 0.469 e. The molecule has 5 heteroatoms. The van der Waals surface area contributed by atoms with Crippen LogP contribution < -0.4 is 5.32 Å². The van der Waals surface area contributed by atoms with Crippen LogP contribution in [0.1, 0.15) is 25.7 Å². The maximum atomic E-state index is 11.4. The summed E-state index contributed by atoms with van der Waals surface area (Å²) >= 11 is 0. The van der Waals surface area contributed by atoms with Crippen molar-refractivity contribution in [1.29, 1.82) is 0 Å². The van der Waals surface area contributed by atoms with Gasteiger partial charge in [-0.25, -0.2) is 0 Å². The molecule has 0 saturated heterocycles. The number of nitrogens with one attached hydrogen (secondary N) is 1. The third-order valence-corrected chi connectivity index (χ3v) is 2.59. The molecule has 1 N–H and O–H groups in total. The number of rotatable bonds is 7. The van der Waals surface area contributed by atoms with E-state index in [-0.39, 0.29) is 11.9 Å². The normalized spacial score (nSPS) is 14.9. The Morgan fingerprint density at radius 1 is 1.31 bits per heavy atom. The fourth-order valence-corrected chi connectivity index (χ4v) is 1.32. The molecule has 16 heavy (non-hydrogen) atoms. The van der Waals surface area contributed by atoms with E-state index in [0.717, 1.165) is 12.8 Å². The lowest BCUT2D eigenvalue weighted by atomic mass is 10.3. The number of hydrogen-bond donors (Lipinski definition) is 1. The molecule has 1 fully saturated rings. The minimum absolute atomic E-state index is 0.104. The molecule has 1 rings (SSSR count). The lowest BCUT2D eigenvalue weighted by Crippen LogP contribution is -2.31. The van der Waals surface area contributed by atoms with Gasteiger partial charge in [0.25, 0.3) is 0 Å². The average Bonchev–Trinajstić information content (AvgIpc) is 3.06. The molecule has 0 bridgehead atoms. The Kier molecular flexibility index (Phi) is 5.25. The number of ether oxygens (including phenoxy) is 1. The number of amides is 1. The van der Waals surface area contributed by atoms with Crippen molar-refractivity contribution >= 4 is 11.9 Å². The molecule has 1 amide bonds. The molecule has 92 valence electrons. The predicted molar refractivity (Wildman–Crippen MR) is 59.9 cm³/mol. The number of hydrogen-bond acceptors (Lipinski definition) is 4. The maximum absolute atomic E-state index is 11.4. The van der Waals surface area contributed by atoms with Crippen LogP contribution in [0.3, 0.4) is 0 Å². The van der Waals surface area contributed by atoms with E-state index in [1.165, 1.54) is 7.11 Å². The van der Waals surface area contributed by atoms with Gasteiger partial charge in [-0.2, -0.15) is 0 Å². The van der Waals surface area contributed by atoms with E-state index in [9.17, 15) is 9.59 Å². The van der Waals surface area contributed by atoms with E-state index < -0.39 is 0 Å². The monoisotopic (exact) mass is 228 g/mol. The second kappa shape index (κ2) is 6.48.